The average Bonchev–Trinajstić information content (AvgIpc) is 2.43. The summed E-state index contributed by atoms with van der Waals surface area (Å²) in [6, 6.07) is 0.915. The van der Waals surface area contributed by atoms with E-state index >= 15 is 0 Å². The molecule has 0 saturated carbocycles. The maximum Gasteiger partial charge on any atom is 0.285 e. The Morgan fingerprint density at radius 3 is 2.57 bits per heavy atom. The van der Waals surface area contributed by atoms with Gasteiger partial charge in [-0.25, -0.2) is 8.78 Å². The maximum atomic E-state index is 13.3. The lowest BCUT2D eigenvalue weighted by molar-refractivity contribution is -0.385. The third kappa shape index (κ3) is 2.88. The number of rotatable bonds is 2. The molecular formula is C13H12F2N2O4. The molecule has 1 unspecified atom stereocenters. The largest absolute Gasteiger partial charge is 0.337 e. The highest BCUT2D eigenvalue weighted by Gasteiger charge is 2.31. The predicted molar refractivity (Wildman–Crippen MR) is 67.7 cm³/mol. The van der Waals surface area contributed by atoms with Gasteiger partial charge in [-0.15, -0.1) is 0 Å². The van der Waals surface area contributed by atoms with Crippen LogP contribution in [0.1, 0.15) is 23.7 Å². The Hall–Kier alpha value is -2.38. The molecule has 6 nitrogen and oxygen atoms in total. The Kier molecular flexibility index (Phi) is 3.97. The Morgan fingerprint density at radius 2 is 2.00 bits per heavy atom. The van der Waals surface area contributed by atoms with E-state index in [9.17, 15) is 28.5 Å². The van der Waals surface area contributed by atoms with Gasteiger partial charge in [0.15, 0.2) is 11.6 Å². The summed E-state index contributed by atoms with van der Waals surface area (Å²) in [6.07, 6.45) is 0.143. The first-order valence-corrected chi connectivity index (χ1v) is 6.26. The van der Waals surface area contributed by atoms with Crippen LogP contribution in [-0.2, 0) is 4.79 Å². The molecule has 0 radical (unpaired) electrons. The zero-order valence-corrected chi connectivity index (χ0v) is 11.1. The Morgan fingerprint density at radius 1 is 1.38 bits per heavy atom. The SMILES string of the molecule is CC1CN(C(=O)c2cc(F)c(F)cc2[N+](=O)[O-])CCC1=O. The van der Waals surface area contributed by atoms with Crippen molar-refractivity contribution in [1.29, 1.82) is 0 Å². The fourth-order valence-corrected chi connectivity index (χ4v) is 2.23. The lowest BCUT2D eigenvalue weighted by Crippen LogP contribution is -2.43. The minimum absolute atomic E-state index is 0.00108. The number of carbonyl (C=O) groups excluding carboxylic acids is 2. The van der Waals surface area contributed by atoms with Crippen LogP contribution in [0.4, 0.5) is 14.5 Å². The fourth-order valence-electron chi connectivity index (χ4n) is 2.23. The van der Waals surface area contributed by atoms with Gasteiger partial charge in [-0.05, 0) is 6.07 Å². The van der Waals surface area contributed by atoms with E-state index in [1.165, 1.54) is 4.90 Å². The average molecular weight is 298 g/mol. The molecule has 2 rings (SSSR count). The van der Waals surface area contributed by atoms with E-state index < -0.39 is 33.7 Å². The number of ketones is 1. The molecule has 1 saturated heterocycles. The van der Waals surface area contributed by atoms with Crippen molar-refractivity contribution in [2.45, 2.75) is 13.3 Å². The van der Waals surface area contributed by atoms with Crippen molar-refractivity contribution in [3.63, 3.8) is 0 Å². The molecule has 21 heavy (non-hydrogen) atoms. The van der Waals surface area contributed by atoms with Gasteiger partial charge >= 0.3 is 0 Å². The van der Waals surface area contributed by atoms with Crippen LogP contribution in [0.3, 0.4) is 0 Å². The molecule has 1 amide bonds. The summed E-state index contributed by atoms with van der Waals surface area (Å²) in [4.78, 5) is 34.9. The molecule has 1 aromatic carbocycles. The van der Waals surface area contributed by atoms with E-state index in [1.54, 1.807) is 6.92 Å². The van der Waals surface area contributed by atoms with Crippen molar-refractivity contribution >= 4 is 17.4 Å². The van der Waals surface area contributed by atoms with Crippen molar-refractivity contribution in [2.24, 2.45) is 5.92 Å². The molecule has 8 heteroatoms. The van der Waals surface area contributed by atoms with Crippen LogP contribution in [0.25, 0.3) is 0 Å². The Bertz CT molecular complexity index is 633. The number of carbonyl (C=O) groups is 2. The lowest BCUT2D eigenvalue weighted by Gasteiger charge is -2.30. The third-order valence-corrected chi connectivity index (χ3v) is 3.42. The summed E-state index contributed by atoms with van der Waals surface area (Å²) in [7, 11) is 0. The van der Waals surface area contributed by atoms with E-state index in [-0.39, 0.29) is 31.2 Å². The monoisotopic (exact) mass is 298 g/mol. The minimum atomic E-state index is -1.39. The first kappa shape index (κ1) is 15.0. The van der Waals surface area contributed by atoms with Gasteiger partial charge in [0.25, 0.3) is 11.6 Å². The number of halogens is 2. The van der Waals surface area contributed by atoms with E-state index in [4.69, 9.17) is 0 Å². The highest BCUT2D eigenvalue weighted by atomic mass is 19.2. The van der Waals surface area contributed by atoms with Gasteiger partial charge in [-0.1, -0.05) is 6.92 Å². The standard InChI is InChI=1S/C13H12F2N2O4/c1-7-6-16(3-2-12(7)18)13(19)8-4-9(14)10(15)5-11(8)17(20)21/h4-5,7H,2-3,6H2,1H3. The molecule has 0 N–H and O–H groups in total. The molecule has 0 spiro atoms. The van der Waals surface area contributed by atoms with Crippen LogP contribution in [0.2, 0.25) is 0 Å². The van der Waals surface area contributed by atoms with E-state index in [0.717, 1.165) is 0 Å². The van der Waals surface area contributed by atoms with Gasteiger partial charge in [0.05, 0.1) is 11.0 Å². The second-order valence-corrected chi connectivity index (χ2v) is 4.91. The molecule has 0 aliphatic carbocycles. The van der Waals surface area contributed by atoms with Crippen molar-refractivity contribution in [3.05, 3.63) is 39.4 Å². The molecule has 112 valence electrons. The first-order chi connectivity index (χ1) is 9.81. The number of nitro groups is 1. The molecule has 1 atom stereocenters. The summed E-state index contributed by atoms with van der Waals surface area (Å²) in [5.74, 6) is -3.88. The summed E-state index contributed by atoms with van der Waals surface area (Å²) < 4.78 is 26.4. The first-order valence-electron chi connectivity index (χ1n) is 6.26. The minimum Gasteiger partial charge on any atom is -0.337 e. The van der Waals surface area contributed by atoms with Crippen LogP contribution in [0.5, 0.6) is 0 Å². The number of hydrogen-bond donors (Lipinski definition) is 0. The second-order valence-electron chi connectivity index (χ2n) is 4.91. The summed E-state index contributed by atoms with van der Waals surface area (Å²) in [6.45, 7) is 1.85. The van der Waals surface area contributed by atoms with Crippen LogP contribution < -0.4 is 0 Å². The van der Waals surface area contributed by atoms with Gasteiger partial charge in [0, 0.05) is 25.4 Å². The van der Waals surface area contributed by atoms with Crippen molar-refractivity contribution in [2.75, 3.05) is 13.1 Å². The summed E-state index contributed by atoms with van der Waals surface area (Å²) in [5, 5.41) is 10.9. The molecule has 1 heterocycles. The third-order valence-electron chi connectivity index (χ3n) is 3.42. The quantitative estimate of drug-likeness (QED) is 0.617. The number of amides is 1. The van der Waals surface area contributed by atoms with Crippen LogP contribution in [-0.4, -0.2) is 34.6 Å². The molecular weight excluding hydrogens is 286 g/mol. The molecule has 1 aromatic rings. The van der Waals surface area contributed by atoms with E-state index in [0.29, 0.717) is 12.1 Å². The molecule has 1 aliphatic rings. The van der Waals surface area contributed by atoms with Crippen molar-refractivity contribution in [1.82, 2.24) is 4.90 Å². The molecule has 0 bridgehead atoms. The zero-order chi connectivity index (χ0) is 15.7. The van der Waals surface area contributed by atoms with Crippen molar-refractivity contribution in [3.8, 4) is 0 Å². The highest BCUT2D eigenvalue weighted by Crippen LogP contribution is 2.25. The fraction of sp³-hybridized carbons (Fsp3) is 0.385. The number of nitrogens with zero attached hydrogens (tertiary/aromatic N) is 2. The van der Waals surface area contributed by atoms with Gasteiger partial charge < -0.3 is 4.90 Å². The number of piperidine rings is 1. The molecule has 1 fully saturated rings. The molecule has 0 aromatic heterocycles. The van der Waals surface area contributed by atoms with Gasteiger partial charge in [0.2, 0.25) is 0 Å². The normalized spacial score (nSPS) is 18.7. The predicted octanol–water partition coefficient (Wildman–Crippen LogP) is 1.92. The summed E-state index contributed by atoms with van der Waals surface area (Å²) >= 11 is 0. The molecule has 1 aliphatic heterocycles. The number of hydrogen-bond acceptors (Lipinski definition) is 4. The highest BCUT2D eigenvalue weighted by molar-refractivity contribution is 5.99. The second kappa shape index (κ2) is 5.55. The van der Waals surface area contributed by atoms with Gasteiger partial charge in [0.1, 0.15) is 11.3 Å². The van der Waals surface area contributed by atoms with Crippen molar-refractivity contribution < 1.29 is 23.3 Å². The number of benzene rings is 1. The smallest absolute Gasteiger partial charge is 0.285 e. The Labute approximate surface area is 118 Å². The van der Waals surface area contributed by atoms with E-state index in [2.05, 4.69) is 0 Å². The van der Waals surface area contributed by atoms with Gasteiger partial charge in [-0.2, -0.15) is 0 Å². The summed E-state index contributed by atoms with van der Waals surface area (Å²) in [5.41, 5.74) is -1.30. The van der Waals surface area contributed by atoms with E-state index in [1.807, 2.05) is 0 Å². The topological polar surface area (TPSA) is 80.5 Å². The van der Waals surface area contributed by atoms with Crippen LogP contribution in [0.15, 0.2) is 12.1 Å². The Balaban J connectivity index is 2.37. The zero-order valence-electron chi connectivity index (χ0n) is 11.1. The van der Waals surface area contributed by atoms with Crippen LogP contribution in [0, 0.1) is 27.7 Å². The van der Waals surface area contributed by atoms with Crippen LogP contribution >= 0.6 is 0 Å². The number of Topliss-reactive ketones (excluding diaryl/α,β-unsaturated/α-hetero) is 1. The van der Waals surface area contributed by atoms with Gasteiger partial charge in [-0.3, -0.25) is 19.7 Å². The maximum absolute atomic E-state index is 13.3. The number of nitro benzene ring substituents is 1. The lowest BCUT2D eigenvalue weighted by atomic mass is 9.97. The number of likely N-dealkylation sites (tertiary alicyclic amines) is 1.